The van der Waals surface area contributed by atoms with E-state index in [1.165, 1.54) is 12.1 Å². The van der Waals surface area contributed by atoms with E-state index >= 15 is 0 Å². The molecule has 0 aromatic heterocycles. The van der Waals surface area contributed by atoms with E-state index in [4.69, 9.17) is 10.8 Å². The van der Waals surface area contributed by atoms with Crippen molar-refractivity contribution in [2.75, 3.05) is 17.7 Å². The lowest BCUT2D eigenvalue weighted by atomic mass is 10.1. The van der Waals surface area contributed by atoms with Crippen molar-refractivity contribution in [3.63, 3.8) is 0 Å². The zero-order valence-electron chi connectivity index (χ0n) is 10.1. The quantitative estimate of drug-likeness (QED) is 0.715. The molecule has 6 heteroatoms. The zero-order chi connectivity index (χ0) is 13.8. The van der Waals surface area contributed by atoms with Crippen LogP contribution in [0.25, 0.3) is 0 Å². The number of nitrogen functional groups attached to an aromatic ring is 1. The van der Waals surface area contributed by atoms with Crippen molar-refractivity contribution in [1.82, 2.24) is 0 Å². The van der Waals surface area contributed by atoms with Crippen LogP contribution < -0.4 is 11.1 Å². The second-order valence-electron chi connectivity index (χ2n) is 4.21. The average Bonchev–Trinajstić information content (AvgIpc) is 2.27. The molecule has 0 aliphatic heterocycles. The van der Waals surface area contributed by atoms with Crippen molar-refractivity contribution in [3.05, 3.63) is 23.8 Å². The lowest BCUT2D eigenvalue weighted by molar-refractivity contribution is -0.136. The van der Waals surface area contributed by atoms with Crippen LogP contribution >= 0.6 is 0 Å². The smallest absolute Gasteiger partial charge is 0.398 e. The summed E-state index contributed by atoms with van der Waals surface area (Å²) in [4.78, 5) is 0. The Kier molecular flexibility index (Phi) is 4.84. The van der Waals surface area contributed by atoms with Gasteiger partial charge in [0, 0.05) is 24.0 Å². The second-order valence-corrected chi connectivity index (χ2v) is 4.21. The Balaban J connectivity index is 2.79. The fraction of sp³-hybridized carbons (Fsp3) is 0.500. The molecular formula is C12H17F3N2O. The van der Waals surface area contributed by atoms with Crippen molar-refractivity contribution in [2.24, 2.45) is 0 Å². The molecule has 0 radical (unpaired) electrons. The summed E-state index contributed by atoms with van der Waals surface area (Å²) in [5.74, 6) is 0. The first-order valence-electron chi connectivity index (χ1n) is 5.68. The summed E-state index contributed by atoms with van der Waals surface area (Å²) in [6, 6.07) is 3.75. The number of rotatable bonds is 5. The van der Waals surface area contributed by atoms with Crippen LogP contribution in [0.1, 0.15) is 25.3 Å². The molecule has 4 N–H and O–H groups in total. The number of anilines is 2. The number of nitrogens with two attached hydrogens (primary N) is 1. The Morgan fingerprint density at radius 3 is 2.61 bits per heavy atom. The summed E-state index contributed by atoms with van der Waals surface area (Å²) >= 11 is 0. The molecular weight excluding hydrogens is 245 g/mol. The summed E-state index contributed by atoms with van der Waals surface area (Å²) in [6.45, 7) is 1.92. The van der Waals surface area contributed by atoms with Crippen LogP contribution in [-0.4, -0.2) is 17.8 Å². The van der Waals surface area contributed by atoms with Crippen LogP contribution in [0.15, 0.2) is 18.2 Å². The lowest BCUT2D eigenvalue weighted by Crippen LogP contribution is -2.16. The van der Waals surface area contributed by atoms with E-state index in [1.54, 1.807) is 0 Å². The third kappa shape index (κ3) is 4.10. The van der Waals surface area contributed by atoms with Gasteiger partial charge in [0.1, 0.15) is 0 Å². The van der Waals surface area contributed by atoms with Crippen LogP contribution in [0.4, 0.5) is 24.5 Å². The standard InChI is InChI=1S/C12H17F3N2O/c1-8(3-2-6-18)17-9-4-5-11(16)10(7-9)12(13,14)15/h4-5,7-8,17-18H,2-3,6,16H2,1H3. The summed E-state index contributed by atoms with van der Waals surface area (Å²) in [5.41, 5.74) is 4.57. The maximum atomic E-state index is 12.6. The maximum Gasteiger partial charge on any atom is 0.418 e. The van der Waals surface area contributed by atoms with Gasteiger partial charge >= 0.3 is 6.18 Å². The number of alkyl halides is 3. The van der Waals surface area contributed by atoms with Crippen LogP contribution in [0.5, 0.6) is 0 Å². The molecule has 1 aromatic carbocycles. The number of aliphatic hydroxyl groups excluding tert-OH is 1. The molecule has 0 amide bonds. The summed E-state index contributed by atoms with van der Waals surface area (Å²) in [7, 11) is 0. The molecule has 0 saturated heterocycles. The minimum absolute atomic E-state index is 0.0122. The maximum absolute atomic E-state index is 12.6. The monoisotopic (exact) mass is 262 g/mol. The van der Waals surface area contributed by atoms with Crippen molar-refractivity contribution in [1.29, 1.82) is 0 Å². The topological polar surface area (TPSA) is 58.3 Å². The van der Waals surface area contributed by atoms with Crippen molar-refractivity contribution < 1.29 is 18.3 Å². The summed E-state index contributed by atoms with van der Waals surface area (Å²) in [5, 5.41) is 11.6. The van der Waals surface area contributed by atoms with Gasteiger partial charge in [0.05, 0.1) is 5.56 Å². The molecule has 0 aliphatic rings. The van der Waals surface area contributed by atoms with Crippen LogP contribution in [0.3, 0.4) is 0 Å². The molecule has 0 saturated carbocycles. The third-order valence-corrected chi connectivity index (χ3v) is 2.57. The van der Waals surface area contributed by atoms with Gasteiger partial charge < -0.3 is 16.2 Å². The first kappa shape index (κ1) is 14.6. The van der Waals surface area contributed by atoms with E-state index in [0.717, 1.165) is 6.07 Å². The van der Waals surface area contributed by atoms with E-state index in [1.807, 2.05) is 6.92 Å². The highest BCUT2D eigenvalue weighted by Crippen LogP contribution is 2.35. The number of halogens is 3. The van der Waals surface area contributed by atoms with Crippen molar-refractivity contribution in [2.45, 2.75) is 32.0 Å². The highest BCUT2D eigenvalue weighted by atomic mass is 19.4. The van der Waals surface area contributed by atoms with E-state index < -0.39 is 11.7 Å². The zero-order valence-corrected chi connectivity index (χ0v) is 10.1. The molecule has 1 unspecified atom stereocenters. The Labute approximate surface area is 104 Å². The fourth-order valence-corrected chi connectivity index (χ4v) is 1.65. The first-order chi connectivity index (χ1) is 8.34. The SMILES string of the molecule is CC(CCCO)Nc1ccc(N)c(C(F)(F)F)c1. The van der Waals surface area contributed by atoms with Gasteiger partial charge in [-0.05, 0) is 38.0 Å². The highest BCUT2D eigenvalue weighted by Gasteiger charge is 2.33. The van der Waals surface area contributed by atoms with Crippen molar-refractivity contribution >= 4 is 11.4 Å². The Bertz CT molecular complexity index is 393. The van der Waals surface area contributed by atoms with Gasteiger partial charge in [-0.3, -0.25) is 0 Å². The van der Waals surface area contributed by atoms with Gasteiger partial charge in [-0.2, -0.15) is 13.2 Å². The molecule has 0 heterocycles. The molecule has 1 atom stereocenters. The molecule has 0 fully saturated rings. The number of hydrogen-bond acceptors (Lipinski definition) is 3. The van der Waals surface area contributed by atoms with E-state index in [2.05, 4.69) is 5.32 Å². The predicted molar refractivity (Wildman–Crippen MR) is 65.3 cm³/mol. The largest absolute Gasteiger partial charge is 0.418 e. The highest BCUT2D eigenvalue weighted by molar-refractivity contribution is 5.58. The first-order valence-corrected chi connectivity index (χ1v) is 5.68. The molecule has 18 heavy (non-hydrogen) atoms. The van der Waals surface area contributed by atoms with E-state index in [0.29, 0.717) is 18.5 Å². The van der Waals surface area contributed by atoms with Crippen LogP contribution in [0, 0.1) is 0 Å². The summed E-state index contributed by atoms with van der Waals surface area (Å²) < 4.78 is 37.9. The molecule has 1 rings (SSSR count). The van der Waals surface area contributed by atoms with Crippen LogP contribution in [-0.2, 0) is 6.18 Å². The number of aliphatic hydroxyl groups is 1. The molecule has 102 valence electrons. The van der Waals surface area contributed by atoms with Crippen LogP contribution in [0.2, 0.25) is 0 Å². The molecule has 3 nitrogen and oxygen atoms in total. The minimum Gasteiger partial charge on any atom is -0.398 e. The van der Waals surface area contributed by atoms with Gasteiger partial charge in [0.2, 0.25) is 0 Å². The normalized spacial score (nSPS) is 13.4. The average molecular weight is 262 g/mol. The predicted octanol–water partition coefficient (Wildman–Crippen LogP) is 2.86. The third-order valence-electron chi connectivity index (χ3n) is 2.57. The molecule has 0 bridgehead atoms. The number of benzene rings is 1. The van der Waals surface area contributed by atoms with E-state index in [-0.39, 0.29) is 18.3 Å². The molecule has 0 aliphatic carbocycles. The van der Waals surface area contributed by atoms with E-state index in [9.17, 15) is 13.2 Å². The minimum atomic E-state index is -4.45. The second kappa shape index (κ2) is 5.95. The summed E-state index contributed by atoms with van der Waals surface area (Å²) in [6.07, 6.45) is -3.16. The fourth-order valence-electron chi connectivity index (χ4n) is 1.65. The van der Waals surface area contributed by atoms with Gasteiger partial charge in [-0.25, -0.2) is 0 Å². The van der Waals surface area contributed by atoms with Gasteiger partial charge in [0.15, 0.2) is 0 Å². The van der Waals surface area contributed by atoms with Crippen molar-refractivity contribution in [3.8, 4) is 0 Å². The Hall–Kier alpha value is -1.43. The number of nitrogens with one attached hydrogen (secondary N) is 1. The molecule has 1 aromatic rings. The Morgan fingerprint density at radius 2 is 2.06 bits per heavy atom. The lowest BCUT2D eigenvalue weighted by Gasteiger charge is -2.17. The number of hydrogen-bond donors (Lipinski definition) is 3. The Morgan fingerprint density at radius 1 is 1.39 bits per heavy atom. The van der Waals surface area contributed by atoms with Gasteiger partial charge in [0.25, 0.3) is 0 Å². The van der Waals surface area contributed by atoms with Gasteiger partial charge in [-0.1, -0.05) is 0 Å². The molecule has 0 spiro atoms. The van der Waals surface area contributed by atoms with Gasteiger partial charge in [-0.15, -0.1) is 0 Å².